The van der Waals surface area contributed by atoms with E-state index in [4.69, 9.17) is 16.3 Å². The summed E-state index contributed by atoms with van der Waals surface area (Å²) in [5, 5.41) is 3.27. The molecule has 2 rings (SSSR count). The van der Waals surface area contributed by atoms with Crippen LogP contribution in [0.5, 0.6) is 0 Å². The van der Waals surface area contributed by atoms with Gasteiger partial charge in [-0.15, -0.1) is 0 Å². The molecule has 0 spiro atoms. The molecule has 0 saturated carbocycles. The van der Waals surface area contributed by atoms with Crippen molar-refractivity contribution in [3.8, 4) is 0 Å². The number of pyridine rings is 1. The molecule has 8 heteroatoms. The van der Waals surface area contributed by atoms with Crippen molar-refractivity contribution in [1.82, 2.24) is 9.29 Å². The molecule has 1 aromatic rings. The van der Waals surface area contributed by atoms with Gasteiger partial charge in [0.1, 0.15) is 10.7 Å². The second kappa shape index (κ2) is 6.26. The van der Waals surface area contributed by atoms with Crippen LogP contribution >= 0.6 is 11.6 Å². The molecule has 1 aromatic heterocycles. The van der Waals surface area contributed by atoms with Crippen LogP contribution in [0.2, 0.25) is 5.02 Å². The highest BCUT2D eigenvalue weighted by atomic mass is 35.5. The van der Waals surface area contributed by atoms with Gasteiger partial charge in [0.25, 0.3) is 0 Å². The number of hydrogen-bond acceptors (Lipinski definition) is 5. The molecule has 1 aliphatic rings. The Hall–Kier alpha value is -0.890. The summed E-state index contributed by atoms with van der Waals surface area (Å²) in [7, 11) is -3.59. The second-order valence-corrected chi connectivity index (χ2v) is 6.87. The second-order valence-electron chi connectivity index (χ2n) is 4.57. The van der Waals surface area contributed by atoms with E-state index >= 15 is 0 Å². The minimum Gasteiger partial charge on any atom is -0.378 e. The maximum absolute atomic E-state index is 12.6. The average Bonchev–Trinajstić information content (AvgIpc) is 2.41. The Kier molecular flexibility index (Phi) is 4.85. The Balaban J connectivity index is 2.31. The van der Waals surface area contributed by atoms with Crippen LogP contribution in [-0.4, -0.2) is 50.1 Å². The summed E-state index contributed by atoms with van der Waals surface area (Å²) in [6, 6.07) is 1.24. The van der Waals surface area contributed by atoms with Gasteiger partial charge in [0.15, 0.2) is 0 Å². The van der Waals surface area contributed by atoms with Crippen LogP contribution in [0.1, 0.15) is 13.8 Å². The zero-order valence-corrected chi connectivity index (χ0v) is 13.0. The normalized spacial score (nSPS) is 20.9. The molecule has 1 unspecified atom stereocenters. The van der Waals surface area contributed by atoms with Crippen LogP contribution in [-0.2, 0) is 14.8 Å². The van der Waals surface area contributed by atoms with Crippen LogP contribution < -0.4 is 5.32 Å². The van der Waals surface area contributed by atoms with Gasteiger partial charge in [0, 0.05) is 25.3 Å². The predicted molar refractivity (Wildman–Crippen MR) is 77.6 cm³/mol. The van der Waals surface area contributed by atoms with E-state index in [1.54, 1.807) is 0 Å². The number of nitrogens with one attached hydrogen (secondary N) is 1. The fourth-order valence-corrected chi connectivity index (χ4v) is 3.93. The van der Waals surface area contributed by atoms with E-state index < -0.39 is 10.0 Å². The molecule has 0 radical (unpaired) electrons. The van der Waals surface area contributed by atoms with Gasteiger partial charge in [-0.25, -0.2) is 13.4 Å². The SMILES string of the molecule is CCNc1ncc(S(=O)(=O)N2CCOCC2C)cc1Cl. The Bertz CT molecular complexity index is 579. The van der Waals surface area contributed by atoms with Crippen molar-refractivity contribution in [2.75, 3.05) is 31.6 Å². The summed E-state index contributed by atoms with van der Waals surface area (Å²) < 4.78 is 31.8. The summed E-state index contributed by atoms with van der Waals surface area (Å²) in [5.74, 6) is 0.489. The minimum absolute atomic E-state index is 0.109. The molecule has 1 N–H and O–H groups in total. The molecule has 1 atom stereocenters. The smallest absolute Gasteiger partial charge is 0.245 e. The number of nitrogens with zero attached hydrogens (tertiary/aromatic N) is 2. The Morgan fingerprint density at radius 3 is 2.95 bits per heavy atom. The highest BCUT2D eigenvalue weighted by Gasteiger charge is 2.32. The van der Waals surface area contributed by atoms with E-state index in [1.807, 2.05) is 13.8 Å². The molecule has 6 nitrogen and oxygen atoms in total. The van der Waals surface area contributed by atoms with Crippen molar-refractivity contribution >= 4 is 27.4 Å². The topological polar surface area (TPSA) is 71.5 Å². The number of sulfonamides is 1. The minimum atomic E-state index is -3.59. The summed E-state index contributed by atoms with van der Waals surface area (Å²) in [6.07, 6.45) is 1.33. The van der Waals surface area contributed by atoms with E-state index in [2.05, 4.69) is 10.3 Å². The maximum Gasteiger partial charge on any atom is 0.245 e. The number of rotatable bonds is 4. The molecule has 1 fully saturated rings. The Morgan fingerprint density at radius 1 is 1.60 bits per heavy atom. The fourth-order valence-electron chi connectivity index (χ4n) is 2.06. The van der Waals surface area contributed by atoms with Crippen molar-refractivity contribution in [3.05, 3.63) is 17.3 Å². The molecule has 20 heavy (non-hydrogen) atoms. The summed E-state index contributed by atoms with van der Waals surface area (Å²) in [6.45, 7) is 5.54. The van der Waals surface area contributed by atoms with E-state index in [0.717, 1.165) is 0 Å². The zero-order chi connectivity index (χ0) is 14.8. The van der Waals surface area contributed by atoms with Crippen molar-refractivity contribution < 1.29 is 13.2 Å². The van der Waals surface area contributed by atoms with Crippen LogP contribution in [0.25, 0.3) is 0 Å². The first-order chi connectivity index (χ1) is 9.46. The van der Waals surface area contributed by atoms with E-state index in [0.29, 0.717) is 37.1 Å². The third-order valence-electron chi connectivity index (χ3n) is 3.07. The Labute approximate surface area is 124 Å². The first-order valence-corrected chi connectivity index (χ1v) is 8.27. The van der Waals surface area contributed by atoms with Crippen molar-refractivity contribution in [2.45, 2.75) is 24.8 Å². The highest BCUT2D eigenvalue weighted by Crippen LogP contribution is 2.26. The fraction of sp³-hybridized carbons (Fsp3) is 0.583. The molecular weight excluding hydrogens is 302 g/mol. The lowest BCUT2D eigenvalue weighted by molar-refractivity contribution is 0.0392. The number of hydrogen-bond donors (Lipinski definition) is 1. The quantitative estimate of drug-likeness (QED) is 0.912. The van der Waals surface area contributed by atoms with Gasteiger partial charge in [-0.3, -0.25) is 0 Å². The largest absolute Gasteiger partial charge is 0.378 e. The van der Waals surface area contributed by atoms with Crippen LogP contribution in [0, 0.1) is 0 Å². The monoisotopic (exact) mass is 319 g/mol. The van der Waals surface area contributed by atoms with Crippen LogP contribution in [0.15, 0.2) is 17.2 Å². The molecule has 0 aromatic carbocycles. The van der Waals surface area contributed by atoms with Gasteiger partial charge in [-0.2, -0.15) is 4.31 Å². The summed E-state index contributed by atoms with van der Waals surface area (Å²) in [5.41, 5.74) is 0. The van der Waals surface area contributed by atoms with Crippen LogP contribution in [0.3, 0.4) is 0 Å². The lowest BCUT2D eigenvalue weighted by Crippen LogP contribution is -2.46. The number of anilines is 1. The van der Waals surface area contributed by atoms with Gasteiger partial charge in [-0.1, -0.05) is 11.6 Å². The molecule has 0 amide bonds. The average molecular weight is 320 g/mol. The molecule has 112 valence electrons. The van der Waals surface area contributed by atoms with Crippen molar-refractivity contribution in [1.29, 1.82) is 0 Å². The summed E-state index contributed by atoms with van der Waals surface area (Å²) >= 11 is 6.06. The third kappa shape index (κ3) is 3.06. The Morgan fingerprint density at radius 2 is 2.35 bits per heavy atom. The zero-order valence-electron chi connectivity index (χ0n) is 11.5. The molecular formula is C12H18ClN3O3S. The van der Waals surface area contributed by atoms with Gasteiger partial charge < -0.3 is 10.1 Å². The lowest BCUT2D eigenvalue weighted by Gasteiger charge is -2.32. The van der Waals surface area contributed by atoms with Crippen molar-refractivity contribution in [2.24, 2.45) is 0 Å². The summed E-state index contributed by atoms with van der Waals surface area (Å²) in [4.78, 5) is 4.18. The number of ether oxygens (including phenoxy) is 1. The maximum atomic E-state index is 12.6. The first-order valence-electron chi connectivity index (χ1n) is 6.45. The molecule has 1 aliphatic heterocycles. The molecule has 2 heterocycles. The van der Waals surface area contributed by atoms with Crippen LogP contribution in [0.4, 0.5) is 5.82 Å². The molecule has 1 saturated heterocycles. The predicted octanol–water partition coefficient (Wildman–Crippen LogP) is 1.58. The van der Waals surface area contributed by atoms with Gasteiger partial charge in [0.2, 0.25) is 10.0 Å². The first kappa shape index (κ1) is 15.5. The third-order valence-corrected chi connectivity index (χ3v) is 5.34. The number of morpholine rings is 1. The lowest BCUT2D eigenvalue weighted by atomic mass is 10.3. The van der Waals surface area contributed by atoms with Crippen molar-refractivity contribution in [3.63, 3.8) is 0 Å². The van der Waals surface area contributed by atoms with Gasteiger partial charge in [-0.05, 0) is 19.9 Å². The van der Waals surface area contributed by atoms with Gasteiger partial charge in [0.05, 0.1) is 18.2 Å². The van der Waals surface area contributed by atoms with Gasteiger partial charge >= 0.3 is 0 Å². The molecule has 0 bridgehead atoms. The number of aromatic nitrogens is 1. The van der Waals surface area contributed by atoms with E-state index in [9.17, 15) is 8.42 Å². The van der Waals surface area contributed by atoms with E-state index in [1.165, 1.54) is 16.6 Å². The number of halogens is 1. The highest BCUT2D eigenvalue weighted by molar-refractivity contribution is 7.89. The molecule has 0 aliphatic carbocycles. The van der Waals surface area contributed by atoms with E-state index in [-0.39, 0.29) is 10.9 Å². The standard InChI is InChI=1S/C12H18ClN3O3S/c1-3-14-12-11(13)6-10(7-15-12)20(17,18)16-4-5-19-8-9(16)2/h6-7,9H,3-5,8H2,1-2H3,(H,14,15).